The number of carbonyl (C=O) groups excluding carboxylic acids is 1. The Labute approximate surface area is 181 Å². The summed E-state index contributed by atoms with van der Waals surface area (Å²) in [7, 11) is 1.76. The highest BCUT2D eigenvalue weighted by molar-refractivity contribution is 5.91. The summed E-state index contributed by atoms with van der Waals surface area (Å²) in [6.45, 7) is 2.06. The number of hydrogen-bond donors (Lipinski definition) is 1. The number of amides is 1. The van der Waals surface area contributed by atoms with Crippen molar-refractivity contribution >= 4 is 11.7 Å². The number of aromatic nitrogens is 3. The van der Waals surface area contributed by atoms with Crippen LogP contribution < -0.4 is 5.32 Å². The number of anilines is 1. The Morgan fingerprint density at radius 2 is 2.06 bits per heavy atom. The first-order valence-corrected chi connectivity index (χ1v) is 10.7. The zero-order chi connectivity index (χ0) is 21.2. The summed E-state index contributed by atoms with van der Waals surface area (Å²) >= 11 is 0. The molecule has 1 amide bonds. The highest BCUT2D eigenvalue weighted by Crippen LogP contribution is 2.39. The summed E-state index contributed by atoms with van der Waals surface area (Å²) in [6, 6.07) is 9.68. The van der Waals surface area contributed by atoms with E-state index in [2.05, 4.69) is 15.3 Å². The van der Waals surface area contributed by atoms with E-state index in [0.717, 1.165) is 37.5 Å². The third-order valence-electron chi connectivity index (χ3n) is 6.48. The van der Waals surface area contributed by atoms with E-state index in [1.807, 2.05) is 39.9 Å². The number of carbonyl (C=O) groups is 1. The van der Waals surface area contributed by atoms with Gasteiger partial charge in [0.1, 0.15) is 11.6 Å². The number of pyridine rings is 1. The average Bonchev–Trinajstić information content (AvgIpc) is 3.55. The standard InChI is InChI=1S/C23H27N5O3/c1-30-21-11-17-13-28(12-16(17)10-19(21)26-22-4-2-3-7-25-22)23(29)20-6-5-18(31-20)14-27-9-8-24-15-27/h2-9,15-17,19,21H,10-14H2,1H3,(H,25,26)/t16-,17+,19-,21-/m1/s1. The van der Waals surface area contributed by atoms with Crippen LogP contribution in [0.3, 0.4) is 0 Å². The number of likely N-dealkylation sites (tertiary alicyclic amines) is 1. The number of furan rings is 1. The molecule has 162 valence electrons. The van der Waals surface area contributed by atoms with Crippen molar-refractivity contribution < 1.29 is 13.9 Å². The van der Waals surface area contributed by atoms with Gasteiger partial charge in [-0.05, 0) is 48.9 Å². The topological polar surface area (TPSA) is 85.4 Å². The molecule has 5 rings (SSSR count). The minimum atomic E-state index is -0.0329. The predicted molar refractivity (Wildman–Crippen MR) is 115 cm³/mol. The van der Waals surface area contributed by atoms with Crippen LogP contribution in [0.25, 0.3) is 0 Å². The minimum absolute atomic E-state index is 0.0329. The largest absolute Gasteiger partial charge is 0.454 e. The second-order valence-electron chi connectivity index (χ2n) is 8.44. The van der Waals surface area contributed by atoms with Crippen LogP contribution in [0.5, 0.6) is 0 Å². The Morgan fingerprint density at radius 3 is 2.81 bits per heavy atom. The second-order valence-corrected chi connectivity index (χ2v) is 8.44. The first-order valence-electron chi connectivity index (χ1n) is 10.7. The predicted octanol–water partition coefficient (Wildman–Crippen LogP) is 2.90. The zero-order valence-electron chi connectivity index (χ0n) is 17.6. The summed E-state index contributed by atoms with van der Waals surface area (Å²) in [5.41, 5.74) is 0. The van der Waals surface area contributed by atoms with Crippen molar-refractivity contribution in [3.63, 3.8) is 0 Å². The molecule has 0 unspecified atom stereocenters. The van der Waals surface area contributed by atoms with Crippen molar-refractivity contribution in [3.05, 3.63) is 66.8 Å². The molecule has 3 aromatic rings. The van der Waals surface area contributed by atoms with Gasteiger partial charge in [-0.25, -0.2) is 9.97 Å². The van der Waals surface area contributed by atoms with Gasteiger partial charge in [0.05, 0.1) is 25.0 Å². The fourth-order valence-electron chi connectivity index (χ4n) is 4.92. The Morgan fingerprint density at radius 1 is 1.19 bits per heavy atom. The van der Waals surface area contributed by atoms with E-state index in [1.54, 1.807) is 31.9 Å². The molecule has 4 heterocycles. The fourth-order valence-corrected chi connectivity index (χ4v) is 4.92. The van der Waals surface area contributed by atoms with Crippen molar-refractivity contribution in [2.45, 2.75) is 31.5 Å². The Kier molecular flexibility index (Phi) is 5.46. The molecule has 31 heavy (non-hydrogen) atoms. The molecular weight excluding hydrogens is 394 g/mol. The van der Waals surface area contributed by atoms with E-state index in [1.165, 1.54) is 0 Å². The summed E-state index contributed by atoms with van der Waals surface area (Å²) in [5, 5.41) is 3.53. The molecule has 2 fully saturated rings. The number of imidazole rings is 1. The molecule has 8 nitrogen and oxygen atoms in total. The molecule has 8 heteroatoms. The molecule has 0 radical (unpaired) electrons. The lowest BCUT2D eigenvalue weighted by atomic mass is 9.77. The van der Waals surface area contributed by atoms with Gasteiger partial charge in [-0.2, -0.15) is 0 Å². The maximum absolute atomic E-state index is 13.1. The molecule has 1 aliphatic heterocycles. The molecule has 1 saturated heterocycles. The molecule has 0 spiro atoms. The van der Waals surface area contributed by atoms with Gasteiger partial charge >= 0.3 is 0 Å². The van der Waals surface area contributed by atoms with Gasteiger partial charge in [0, 0.05) is 38.8 Å². The van der Waals surface area contributed by atoms with Gasteiger partial charge in [-0.15, -0.1) is 0 Å². The Bertz CT molecular complexity index is 1000. The maximum Gasteiger partial charge on any atom is 0.289 e. The highest BCUT2D eigenvalue weighted by Gasteiger charge is 2.44. The monoisotopic (exact) mass is 421 g/mol. The van der Waals surface area contributed by atoms with Gasteiger partial charge in [0.2, 0.25) is 0 Å². The first-order chi connectivity index (χ1) is 15.2. The summed E-state index contributed by atoms with van der Waals surface area (Å²) in [6.07, 6.45) is 9.10. The lowest BCUT2D eigenvalue weighted by Gasteiger charge is -2.37. The number of fused-ring (bicyclic) bond motifs is 1. The van der Waals surface area contributed by atoms with Gasteiger partial charge in [0.15, 0.2) is 5.76 Å². The molecule has 1 N–H and O–H groups in total. The molecule has 1 aliphatic carbocycles. The average molecular weight is 422 g/mol. The molecule has 0 aromatic carbocycles. The molecule has 2 aliphatic rings. The van der Waals surface area contributed by atoms with Crippen LogP contribution in [0.4, 0.5) is 5.82 Å². The van der Waals surface area contributed by atoms with E-state index < -0.39 is 0 Å². The van der Waals surface area contributed by atoms with Crippen LogP contribution in [0, 0.1) is 11.8 Å². The van der Waals surface area contributed by atoms with Crippen molar-refractivity contribution in [2.75, 3.05) is 25.5 Å². The lowest BCUT2D eigenvalue weighted by Crippen LogP contribution is -2.44. The minimum Gasteiger partial charge on any atom is -0.454 e. The normalized spacial score (nSPS) is 25.4. The zero-order valence-corrected chi connectivity index (χ0v) is 17.6. The van der Waals surface area contributed by atoms with Gasteiger partial charge in [-0.3, -0.25) is 4.79 Å². The number of methoxy groups -OCH3 is 1. The first kappa shape index (κ1) is 19.8. The van der Waals surface area contributed by atoms with Crippen LogP contribution in [0.2, 0.25) is 0 Å². The van der Waals surface area contributed by atoms with Crippen molar-refractivity contribution in [2.24, 2.45) is 11.8 Å². The van der Waals surface area contributed by atoms with E-state index in [4.69, 9.17) is 9.15 Å². The van der Waals surface area contributed by atoms with Gasteiger partial charge in [0.25, 0.3) is 5.91 Å². The van der Waals surface area contributed by atoms with Crippen molar-refractivity contribution in [1.82, 2.24) is 19.4 Å². The van der Waals surface area contributed by atoms with E-state index in [9.17, 15) is 4.79 Å². The molecule has 4 atom stereocenters. The number of rotatable bonds is 6. The summed E-state index contributed by atoms with van der Waals surface area (Å²) in [4.78, 5) is 23.4. The molecular formula is C23H27N5O3. The Hall–Kier alpha value is -3.13. The molecule has 1 saturated carbocycles. The van der Waals surface area contributed by atoms with Gasteiger partial charge < -0.3 is 23.9 Å². The third-order valence-corrected chi connectivity index (χ3v) is 6.48. The number of hydrogen-bond acceptors (Lipinski definition) is 6. The van der Waals surface area contributed by atoms with Crippen molar-refractivity contribution in [3.8, 4) is 0 Å². The lowest BCUT2D eigenvalue weighted by molar-refractivity contribution is 0.0304. The van der Waals surface area contributed by atoms with Crippen LogP contribution in [-0.2, 0) is 11.3 Å². The maximum atomic E-state index is 13.1. The van der Waals surface area contributed by atoms with Crippen LogP contribution in [0.1, 0.15) is 29.2 Å². The molecule has 3 aromatic heterocycles. The summed E-state index contributed by atoms with van der Waals surface area (Å²) < 4.78 is 13.6. The van der Waals surface area contributed by atoms with E-state index >= 15 is 0 Å². The Balaban J connectivity index is 1.23. The number of ether oxygens (including phenoxy) is 1. The SMILES string of the molecule is CO[C@@H]1C[C@H]2CN(C(=O)c3ccc(Cn4ccnc4)o3)C[C@H]2C[C@H]1Nc1ccccn1. The van der Waals surface area contributed by atoms with E-state index in [0.29, 0.717) is 24.1 Å². The molecule has 0 bridgehead atoms. The highest BCUT2D eigenvalue weighted by atomic mass is 16.5. The fraction of sp³-hybridized carbons (Fsp3) is 0.435. The van der Waals surface area contributed by atoms with Crippen LogP contribution in [-0.4, -0.2) is 57.7 Å². The van der Waals surface area contributed by atoms with E-state index in [-0.39, 0.29) is 18.1 Å². The third kappa shape index (κ3) is 4.20. The van der Waals surface area contributed by atoms with Crippen LogP contribution in [0.15, 0.2) is 59.7 Å². The van der Waals surface area contributed by atoms with Crippen LogP contribution >= 0.6 is 0 Å². The summed E-state index contributed by atoms with van der Waals surface area (Å²) in [5.74, 6) is 2.86. The van der Waals surface area contributed by atoms with Gasteiger partial charge in [-0.1, -0.05) is 6.07 Å². The number of nitrogens with zero attached hydrogens (tertiary/aromatic N) is 4. The second kappa shape index (κ2) is 8.55. The quantitative estimate of drug-likeness (QED) is 0.659. The van der Waals surface area contributed by atoms with Crippen molar-refractivity contribution in [1.29, 1.82) is 0 Å². The smallest absolute Gasteiger partial charge is 0.289 e. The number of nitrogens with one attached hydrogen (secondary N) is 1.